The molecule has 0 aliphatic carbocycles. The zero-order chi connectivity index (χ0) is 18.4. The van der Waals surface area contributed by atoms with E-state index in [0.29, 0.717) is 37.6 Å². The van der Waals surface area contributed by atoms with Gasteiger partial charge in [-0.15, -0.1) is 0 Å². The number of amides is 1. The maximum atomic E-state index is 11.9. The first-order valence-electron chi connectivity index (χ1n) is 8.53. The van der Waals surface area contributed by atoms with Crippen molar-refractivity contribution >= 4 is 17.0 Å². The molecule has 0 saturated heterocycles. The van der Waals surface area contributed by atoms with Crippen LogP contribution in [0.15, 0.2) is 46.9 Å². The molecule has 3 rings (SSSR count). The maximum Gasteiger partial charge on any atom is 0.220 e. The lowest BCUT2D eigenvalue weighted by Crippen LogP contribution is -2.28. The molecule has 6 heteroatoms. The number of hydrogen-bond donors (Lipinski definition) is 1. The van der Waals surface area contributed by atoms with E-state index in [-0.39, 0.29) is 5.91 Å². The van der Waals surface area contributed by atoms with Gasteiger partial charge >= 0.3 is 0 Å². The van der Waals surface area contributed by atoms with Crippen molar-refractivity contribution in [1.29, 1.82) is 0 Å². The topological polar surface area (TPSA) is 73.6 Å². The number of carbonyl (C=O) groups excluding carboxylic acids is 1. The van der Waals surface area contributed by atoms with Crippen molar-refractivity contribution in [3.05, 3.63) is 53.9 Å². The molecule has 1 amide bonds. The Morgan fingerprint density at radius 3 is 2.88 bits per heavy atom. The molecule has 26 heavy (non-hydrogen) atoms. The molecule has 0 bridgehead atoms. The predicted molar refractivity (Wildman–Crippen MR) is 98.6 cm³/mol. The van der Waals surface area contributed by atoms with Crippen molar-refractivity contribution in [3.63, 3.8) is 0 Å². The molecular formula is C20H22N2O4. The quantitative estimate of drug-likeness (QED) is 0.629. The van der Waals surface area contributed by atoms with Gasteiger partial charge < -0.3 is 19.2 Å². The lowest BCUT2D eigenvalue weighted by molar-refractivity contribution is -0.121. The molecule has 0 fully saturated rings. The lowest BCUT2D eigenvalue weighted by atomic mass is 10.2. The summed E-state index contributed by atoms with van der Waals surface area (Å²) in [6, 6.07) is 13.2. The van der Waals surface area contributed by atoms with Crippen molar-refractivity contribution in [2.45, 2.75) is 19.8 Å². The van der Waals surface area contributed by atoms with Gasteiger partial charge in [0.2, 0.25) is 5.91 Å². The third-order valence-corrected chi connectivity index (χ3v) is 3.89. The normalized spacial score (nSPS) is 10.7. The Morgan fingerprint density at radius 2 is 2.04 bits per heavy atom. The number of carbonyl (C=O) groups is 1. The minimum Gasteiger partial charge on any atom is -0.497 e. The predicted octanol–water partition coefficient (Wildman–Crippen LogP) is 3.27. The Bertz CT molecular complexity index is 888. The van der Waals surface area contributed by atoms with Crippen LogP contribution < -0.4 is 14.8 Å². The van der Waals surface area contributed by atoms with Crippen molar-refractivity contribution in [2.75, 3.05) is 20.3 Å². The number of nitrogens with one attached hydrogen (secondary N) is 1. The molecule has 6 nitrogen and oxygen atoms in total. The van der Waals surface area contributed by atoms with E-state index in [4.69, 9.17) is 13.9 Å². The monoisotopic (exact) mass is 354 g/mol. The van der Waals surface area contributed by atoms with E-state index in [0.717, 1.165) is 22.4 Å². The summed E-state index contributed by atoms with van der Waals surface area (Å²) >= 11 is 0. The van der Waals surface area contributed by atoms with Gasteiger partial charge in [-0.05, 0) is 36.8 Å². The number of rotatable bonds is 8. The number of nitrogens with zero attached hydrogens (tertiary/aromatic N) is 1. The molecule has 1 N–H and O–H groups in total. The Kier molecular flexibility index (Phi) is 5.73. The summed E-state index contributed by atoms with van der Waals surface area (Å²) in [7, 11) is 1.61. The second-order valence-electron chi connectivity index (χ2n) is 5.96. The van der Waals surface area contributed by atoms with Gasteiger partial charge in [-0.3, -0.25) is 4.79 Å². The van der Waals surface area contributed by atoms with Crippen LogP contribution in [0.1, 0.15) is 17.9 Å². The molecule has 136 valence electrons. The van der Waals surface area contributed by atoms with Gasteiger partial charge in [0.1, 0.15) is 23.6 Å². The van der Waals surface area contributed by atoms with Crippen LogP contribution in [0.25, 0.3) is 11.1 Å². The van der Waals surface area contributed by atoms with E-state index >= 15 is 0 Å². The third-order valence-electron chi connectivity index (χ3n) is 3.89. The van der Waals surface area contributed by atoms with Crippen LogP contribution in [0.5, 0.6) is 11.5 Å². The van der Waals surface area contributed by atoms with E-state index in [1.807, 2.05) is 43.3 Å². The largest absolute Gasteiger partial charge is 0.497 e. The number of aromatic nitrogens is 1. The molecule has 0 saturated carbocycles. The number of ether oxygens (including phenoxy) is 2. The van der Waals surface area contributed by atoms with Gasteiger partial charge in [0.05, 0.1) is 13.7 Å². The van der Waals surface area contributed by atoms with Gasteiger partial charge in [0.15, 0.2) is 11.5 Å². The summed E-state index contributed by atoms with van der Waals surface area (Å²) in [5, 5.41) is 2.83. The van der Waals surface area contributed by atoms with E-state index in [9.17, 15) is 4.79 Å². The molecule has 2 aromatic carbocycles. The molecule has 0 spiro atoms. The standard InChI is InChI=1S/C20H22N2O4/c1-14-6-7-18-17(12-14)22-20(26-18)9-8-19(23)21-10-11-25-16-5-3-4-15(13-16)24-2/h3-7,12-13H,8-11H2,1-2H3,(H,21,23). The minimum absolute atomic E-state index is 0.0577. The van der Waals surface area contributed by atoms with Crippen LogP contribution in [-0.2, 0) is 11.2 Å². The Labute approximate surface area is 152 Å². The highest BCUT2D eigenvalue weighted by Crippen LogP contribution is 2.19. The Morgan fingerprint density at radius 1 is 1.19 bits per heavy atom. The first kappa shape index (κ1) is 17.8. The number of oxazole rings is 1. The SMILES string of the molecule is COc1cccc(OCCNC(=O)CCc2nc3cc(C)ccc3o2)c1. The van der Waals surface area contributed by atoms with Gasteiger partial charge in [-0.25, -0.2) is 4.98 Å². The van der Waals surface area contributed by atoms with Gasteiger partial charge in [0.25, 0.3) is 0 Å². The number of benzene rings is 2. The molecule has 0 aliphatic heterocycles. The van der Waals surface area contributed by atoms with Crippen molar-refractivity contribution in [1.82, 2.24) is 10.3 Å². The van der Waals surface area contributed by atoms with Crippen molar-refractivity contribution < 1.29 is 18.7 Å². The highest BCUT2D eigenvalue weighted by atomic mass is 16.5. The van der Waals surface area contributed by atoms with Crippen LogP contribution in [0.2, 0.25) is 0 Å². The second-order valence-corrected chi connectivity index (χ2v) is 5.96. The zero-order valence-corrected chi connectivity index (χ0v) is 15.0. The molecule has 0 unspecified atom stereocenters. The summed E-state index contributed by atoms with van der Waals surface area (Å²) in [5.41, 5.74) is 2.70. The van der Waals surface area contributed by atoms with Gasteiger partial charge in [-0.1, -0.05) is 12.1 Å². The molecule has 3 aromatic rings. The summed E-state index contributed by atoms with van der Waals surface area (Å²) in [6.07, 6.45) is 0.793. The smallest absolute Gasteiger partial charge is 0.220 e. The lowest BCUT2D eigenvalue weighted by Gasteiger charge is -2.08. The van der Waals surface area contributed by atoms with Crippen LogP contribution >= 0.6 is 0 Å². The second kappa shape index (κ2) is 8.38. The minimum atomic E-state index is -0.0577. The fourth-order valence-electron chi connectivity index (χ4n) is 2.55. The Balaban J connectivity index is 1.39. The Hall–Kier alpha value is -3.02. The van der Waals surface area contributed by atoms with Gasteiger partial charge in [-0.2, -0.15) is 0 Å². The van der Waals surface area contributed by atoms with E-state index in [2.05, 4.69) is 10.3 Å². The number of methoxy groups -OCH3 is 1. The van der Waals surface area contributed by atoms with Crippen LogP contribution in [0, 0.1) is 6.92 Å². The number of fused-ring (bicyclic) bond motifs is 1. The highest BCUT2D eigenvalue weighted by Gasteiger charge is 2.08. The average Bonchev–Trinajstić information content (AvgIpc) is 3.05. The fraction of sp³-hybridized carbons (Fsp3) is 0.300. The average molecular weight is 354 g/mol. The van der Waals surface area contributed by atoms with Crippen LogP contribution in [0.3, 0.4) is 0 Å². The molecule has 0 radical (unpaired) electrons. The van der Waals surface area contributed by atoms with Crippen molar-refractivity contribution in [3.8, 4) is 11.5 Å². The van der Waals surface area contributed by atoms with E-state index in [1.54, 1.807) is 13.2 Å². The number of hydrogen-bond acceptors (Lipinski definition) is 5. The van der Waals surface area contributed by atoms with Crippen LogP contribution in [0.4, 0.5) is 0 Å². The summed E-state index contributed by atoms with van der Waals surface area (Å²) in [6.45, 7) is 2.83. The zero-order valence-electron chi connectivity index (χ0n) is 15.0. The van der Waals surface area contributed by atoms with Crippen molar-refractivity contribution in [2.24, 2.45) is 0 Å². The summed E-state index contributed by atoms with van der Waals surface area (Å²) < 4.78 is 16.4. The molecule has 0 aliphatic rings. The first-order chi connectivity index (χ1) is 12.6. The third kappa shape index (κ3) is 4.75. The first-order valence-corrected chi connectivity index (χ1v) is 8.53. The summed E-state index contributed by atoms with van der Waals surface area (Å²) in [4.78, 5) is 16.4. The van der Waals surface area contributed by atoms with Gasteiger partial charge in [0, 0.05) is 18.9 Å². The van der Waals surface area contributed by atoms with Crippen LogP contribution in [-0.4, -0.2) is 31.2 Å². The van der Waals surface area contributed by atoms with E-state index < -0.39 is 0 Å². The molecule has 1 heterocycles. The number of aryl methyl sites for hydroxylation is 2. The molecule has 0 atom stereocenters. The molecule has 1 aromatic heterocycles. The van der Waals surface area contributed by atoms with E-state index in [1.165, 1.54) is 0 Å². The molecular weight excluding hydrogens is 332 g/mol. The summed E-state index contributed by atoms with van der Waals surface area (Å²) in [5.74, 6) is 1.96. The maximum absolute atomic E-state index is 11.9. The highest BCUT2D eigenvalue weighted by molar-refractivity contribution is 5.76. The fourth-order valence-corrected chi connectivity index (χ4v) is 2.55.